The minimum atomic E-state index is -0.421. The number of methoxy groups -OCH3 is 1. The third-order valence-corrected chi connectivity index (χ3v) is 5.06. The van der Waals surface area contributed by atoms with E-state index in [1.165, 1.54) is 7.11 Å². The number of likely N-dealkylation sites (tertiary alicyclic amines) is 1. The Bertz CT molecular complexity index is 535. The van der Waals surface area contributed by atoms with Gasteiger partial charge in [0, 0.05) is 37.8 Å². The van der Waals surface area contributed by atoms with Gasteiger partial charge in [0.1, 0.15) is 5.76 Å². The highest BCUT2D eigenvalue weighted by Crippen LogP contribution is 2.29. The van der Waals surface area contributed by atoms with Crippen LogP contribution in [0.5, 0.6) is 0 Å². The molecule has 1 atom stereocenters. The highest BCUT2D eigenvalue weighted by atomic mass is 16.5. The predicted octanol–water partition coefficient (Wildman–Crippen LogP) is 2.21. The van der Waals surface area contributed by atoms with Crippen molar-refractivity contribution < 1.29 is 19.1 Å². The van der Waals surface area contributed by atoms with Gasteiger partial charge in [0.2, 0.25) is 5.76 Å². The van der Waals surface area contributed by atoms with Crippen molar-refractivity contribution in [3.8, 4) is 0 Å². The van der Waals surface area contributed by atoms with Crippen LogP contribution in [0.1, 0.15) is 54.1 Å². The van der Waals surface area contributed by atoms with Gasteiger partial charge in [-0.1, -0.05) is 0 Å². The molecule has 1 saturated heterocycles. The molecule has 1 aromatic rings. The number of hydrogen-bond acceptors (Lipinski definition) is 6. The molecular formula is C18H30N2O4. The summed E-state index contributed by atoms with van der Waals surface area (Å²) in [7, 11) is 3.50. The number of rotatable bonds is 7. The van der Waals surface area contributed by atoms with Crippen molar-refractivity contribution >= 4 is 5.97 Å². The summed E-state index contributed by atoms with van der Waals surface area (Å²) >= 11 is 0. The van der Waals surface area contributed by atoms with Crippen LogP contribution in [0.2, 0.25) is 0 Å². The molecule has 0 bridgehead atoms. The van der Waals surface area contributed by atoms with Gasteiger partial charge in [0.25, 0.3) is 0 Å². The Morgan fingerprint density at radius 2 is 2.17 bits per heavy atom. The number of carbonyl (C=O) groups is 1. The molecule has 1 aromatic heterocycles. The Morgan fingerprint density at radius 1 is 1.50 bits per heavy atom. The fourth-order valence-electron chi connectivity index (χ4n) is 3.40. The molecule has 0 aliphatic carbocycles. The topological polar surface area (TPSA) is 66.2 Å². The number of aliphatic hydroxyl groups is 1. The molecular weight excluding hydrogens is 308 g/mol. The molecule has 2 heterocycles. The van der Waals surface area contributed by atoms with Crippen LogP contribution in [-0.4, -0.2) is 67.3 Å². The van der Waals surface area contributed by atoms with Crippen LogP contribution in [0.15, 0.2) is 10.5 Å². The first-order valence-corrected chi connectivity index (χ1v) is 8.71. The van der Waals surface area contributed by atoms with Crippen molar-refractivity contribution in [2.75, 3.05) is 40.4 Å². The largest absolute Gasteiger partial charge is 0.463 e. The maximum absolute atomic E-state index is 11.7. The van der Waals surface area contributed by atoms with Crippen molar-refractivity contribution in [2.45, 2.75) is 45.2 Å². The molecule has 1 aliphatic heterocycles. The van der Waals surface area contributed by atoms with Gasteiger partial charge in [0.05, 0.1) is 13.2 Å². The first-order valence-electron chi connectivity index (χ1n) is 8.71. The lowest BCUT2D eigenvalue weighted by Gasteiger charge is -2.38. The van der Waals surface area contributed by atoms with Crippen LogP contribution >= 0.6 is 0 Å². The van der Waals surface area contributed by atoms with E-state index < -0.39 is 5.97 Å². The van der Waals surface area contributed by atoms with Crippen LogP contribution in [0.4, 0.5) is 0 Å². The summed E-state index contributed by atoms with van der Waals surface area (Å²) < 4.78 is 10.5. The summed E-state index contributed by atoms with van der Waals surface area (Å²) in [6.07, 6.45) is 3.04. The number of hydrogen-bond donors (Lipinski definition) is 1. The standard InChI is InChI=1S/C18H30N2O4/c1-13-12-16(24-17(13)18(22)23-4)14(2)20-9-6-15(7-10-20)19(3)8-5-11-21/h12,14-15,21H,5-11H2,1-4H3. The van der Waals surface area contributed by atoms with E-state index in [2.05, 4.69) is 23.8 Å². The second-order valence-corrected chi connectivity index (χ2v) is 6.65. The third kappa shape index (κ3) is 4.37. The first-order chi connectivity index (χ1) is 11.5. The molecule has 1 N–H and O–H groups in total. The average molecular weight is 338 g/mol. The maximum Gasteiger partial charge on any atom is 0.374 e. The molecule has 0 amide bonds. The Morgan fingerprint density at radius 3 is 2.75 bits per heavy atom. The van der Waals surface area contributed by atoms with Gasteiger partial charge >= 0.3 is 5.97 Å². The fraction of sp³-hybridized carbons (Fsp3) is 0.722. The Kier molecular flexibility index (Phi) is 6.83. The van der Waals surface area contributed by atoms with E-state index in [0.29, 0.717) is 11.8 Å². The number of furan rings is 1. The normalized spacial score (nSPS) is 18.1. The summed E-state index contributed by atoms with van der Waals surface area (Å²) in [5, 5.41) is 8.96. The van der Waals surface area contributed by atoms with Gasteiger partial charge in [-0.15, -0.1) is 0 Å². The van der Waals surface area contributed by atoms with E-state index >= 15 is 0 Å². The minimum Gasteiger partial charge on any atom is -0.463 e. The number of aliphatic hydroxyl groups excluding tert-OH is 1. The van der Waals surface area contributed by atoms with Gasteiger partial charge in [-0.2, -0.15) is 0 Å². The predicted molar refractivity (Wildman–Crippen MR) is 92.1 cm³/mol. The molecule has 0 spiro atoms. The number of aryl methyl sites for hydroxylation is 1. The molecule has 2 rings (SSSR count). The Hall–Kier alpha value is -1.37. The van der Waals surface area contributed by atoms with E-state index in [-0.39, 0.29) is 12.6 Å². The van der Waals surface area contributed by atoms with Crippen LogP contribution < -0.4 is 0 Å². The lowest BCUT2D eigenvalue weighted by Crippen LogP contribution is -2.44. The molecule has 0 radical (unpaired) electrons. The van der Waals surface area contributed by atoms with E-state index in [1.807, 2.05) is 13.0 Å². The Balaban J connectivity index is 1.93. The quantitative estimate of drug-likeness (QED) is 0.769. The zero-order valence-corrected chi connectivity index (χ0v) is 15.2. The number of carbonyl (C=O) groups excluding carboxylic acids is 1. The summed E-state index contributed by atoms with van der Waals surface area (Å²) in [4.78, 5) is 16.4. The zero-order valence-electron chi connectivity index (χ0n) is 15.2. The van der Waals surface area contributed by atoms with Gasteiger partial charge in [-0.05, 0) is 46.2 Å². The molecule has 0 saturated carbocycles. The smallest absolute Gasteiger partial charge is 0.374 e. The number of piperidine rings is 1. The highest BCUT2D eigenvalue weighted by Gasteiger charge is 2.28. The highest BCUT2D eigenvalue weighted by molar-refractivity contribution is 5.87. The monoisotopic (exact) mass is 338 g/mol. The molecule has 136 valence electrons. The second kappa shape index (κ2) is 8.65. The average Bonchev–Trinajstić information content (AvgIpc) is 3.00. The maximum atomic E-state index is 11.7. The molecule has 6 heteroatoms. The van der Waals surface area contributed by atoms with Crippen LogP contribution in [-0.2, 0) is 4.74 Å². The fourth-order valence-corrected chi connectivity index (χ4v) is 3.40. The minimum absolute atomic E-state index is 0.144. The van der Waals surface area contributed by atoms with Crippen molar-refractivity contribution in [3.63, 3.8) is 0 Å². The summed E-state index contributed by atoms with van der Waals surface area (Å²) in [6, 6.07) is 2.66. The summed E-state index contributed by atoms with van der Waals surface area (Å²) in [5.41, 5.74) is 0.822. The lowest BCUT2D eigenvalue weighted by atomic mass is 10.0. The molecule has 1 aliphatic rings. The third-order valence-electron chi connectivity index (χ3n) is 5.06. The van der Waals surface area contributed by atoms with Crippen LogP contribution in [0, 0.1) is 6.92 Å². The van der Waals surface area contributed by atoms with Gasteiger partial charge in [-0.3, -0.25) is 4.90 Å². The van der Waals surface area contributed by atoms with E-state index in [0.717, 1.165) is 50.2 Å². The second-order valence-electron chi connectivity index (χ2n) is 6.65. The molecule has 24 heavy (non-hydrogen) atoms. The van der Waals surface area contributed by atoms with E-state index in [9.17, 15) is 4.79 Å². The SMILES string of the molecule is COC(=O)c1oc(C(C)N2CCC(N(C)CCCO)CC2)cc1C. The zero-order chi connectivity index (χ0) is 17.7. The lowest BCUT2D eigenvalue weighted by molar-refractivity contribution is 0.0552. The molecule has 0 aromatic carbocycles. The number of nitrogens with zero attached hydrogens (tertiary/aromatic N) is 2. The van der Waals surface area contributed by atoms with Crippen molar-refractivity contribution in [1.29, 1.82) is 0 Å². The summed E-state index contributed by atoms with van der Waals surface area (Å²) in [5.74, 6) is 0.702. The van der Waals surface area contributed by atoms with Crippen LogP contribution in [0.3, 0.4) is 0 Å². The van der Waals surface area contributed by atoms with Crippen molar-refractivity contribution in [1.82, 2.24) is 9.80 Å². The molecule has 1 unspecified atom stereocenters. The first kappa shape index (κ1) is 19.0. The van der Waals surface area contributed by atoms with E-state index in [1.54, 1.807) is 0 Å². The van der Waals surface area contributed by atoms with Crippen molar-refractivity contribution in [2.24, 2.45) is 0 Å². The number of ether oxygens (including phenoxy) is 1. The van der Waals surface area contributed by atoms with E-state index in [4.69, 9.17) is 14.3 Å². The van der Waals surface area contributed by atoms with Gasteiger partial charge in [0.15, 0.2) is 0 Å². The van der Waals surface area contributed by atoms with Gasteiger partial charge in [-0.25, -0.2) is 4.79 Å². The van der Waals surface area contributed by atoms with Crippen molar-refractivity contribution in [3.05, 3.63) is 23.2 Å². The van der Waals surface area contributed by atoms with Crippen LogP contribution in [0.25, 0.3) is 0 Å². The summed E-state index contributed by atoms with van der Waals surface area (Å²) in [6.45, 7) is 7.19. The van der Waals surface area contributed by atoms with Gasteiger partial charge < -0.3 is 19.2 Å². The molecule has 6 nitrogen and oxygen atoms in total. The number of esters is 1. The molecule has 1 fully saturated rings. The Labute approximate surface area is 144 Å².